The molecule has 0 aliphatic carbocycles. The minimum Gasteiger partial charge on any atom is -0.464 e. The summed E-state index contributed by atoms with van der Waals surface area (Å²) in [5.74, 6) is -0.646. The molecule has 0 aliphatic rings. The zero-order valence-electron chi connectivity index (χ0n) is 13.6. The van der Waals surface area contributed by atoms with Crippen molar-refractivity contribution < 1.29 is 22.7 Å². The van der Waals surface area contributed by atoms with Gasteiger partial charge >= 0.3 is 12.1 Å². The van der Waals surface area contributed by atoms with Crippen molar-refractivity contribution in [1.82, 2.24) is 0 Å². The van der Waals surface area contributed by atoms with Gasteiger partial charge in [0.25, 0.3) is 0 Å². The number of para-hydroxylation sites is 1. The van der Waals surface area contributed by atoms with Crippen LogP contribution in [0.1, 0.15) is 18.9 Å². The quantitative estimate of drug-likeness (QED) is 0.459. The average Bonchev–Trinajstić information content (AvgIpc) is 2.57. The van der Waals surface area contributed by atoms with Crippen molar-refractivity contribution in [2.24, 2.45) is 0 Å². The van der Waals surface area contributed by atoms with Gasteiger partial charge in [-0.1, -0.05) is 37.3 Å². The van der Waals surface area contributed by atoms with Gasteiger partial charge < -0.3 is 10.1 Å². The fourth-order valence-corrected chi connectivity index (χ4v) is 1.50. The standard InChI is InChI=1S/C12H14N2O2.C5H7F3/c1-3-8-14-10-7-5-4-6-9(10)11(13)12(15)16-2;1-2-3-4-5(6,7)8/h3-7,13-14H,1,8H2,2H3;3-4H,2H2,1H3/b;4-3+. The minimum atomic E-state index is -4.13. The number of rotatable bonds is 6. The molecule has 132 valence electrons. The Labute approximate surface area is 139 Å². The highest BCUT2D eigenvalue weighted by Crippen LogP contribution is 2.16. The van der Waals surface area contributed by atoms with Crippen molar-refractivity contribution in [3.63, 3.8) is 0 Å². The molecular formula is C17H21F3N2O2. The molecule has 7 heteroatoms. The third-order valence-electron chi connectivity index (χ3n) is 2.57. The number of alkyl halides is 3. The van der Waals surface area contributed by atoms with Crippen molar-refractivity contribution in [3.05, 3.63) is 54.6 Å². The van der Waals surface area contributed by atoms with E-state index in [0.717, 1.165) is 11.8 Å². The van der Waals surface area contributed by atoms with Gasteiger partial charge in [0.2, 0.25) is 0 Å². The monoisotopic (exact) mass is 342 g/mol. The van der Waals surface area contributed by atoms with Crippen LogP contribution >= 0.6 is 0 Å². The van der Waals surface area contributed by atoms with E-state index in [-0.39, 0.29) is 11.8 Å². The molecule has 0 radical (unpaired) electrons. The molecule has 0 aromatic heterocycles. The van der Waals surface area contributed by atoms with E-state index in [1.165, 1.54) is 7.11 Å². The predicted molar refractivity (Wildman–Crippen MR) is 89.5 cm³/mol. The number of ether oxygens (including phenoxy) is 1. The van der Waals surface area contributed by atoms with Crippen LogP contribution in [-0.2, 0) is 9.53 Å². The van der Waals surface area contributed by atoms with Crippen LogP contribution in [0.25, 0.3) is 0 Å². The summed E-state index contributed by atoms with van der Waals surface area (Å²) in [6.07, 6.45) is -0.666. The highest BCUT2D eigenvalue weighted by Gasteiger charge is 2.21. The minimum absolute atomic E-state index is 0.158. The van der Waals surface area contributed by atoms with Gasteiger partial charge in [-0.15, -0.1) is 6.58 Å². The summed E-state index contributed by atoms with van der Waals surface area (Å²) >= 11 is 0. The first kappa shape index (κ1) is 21.4. The summed E-state index contributed by atoms with van der Waals surface area (Å²) in [6, 6.07) is 7.10. The van der Waals surface area contributed by atoms with Crippen LogP contribution in [0.15, 0.2) is 49.1 Å². The van der Waals surface area contributed by atoms with E-state index in [1.54, 1.807) is 31.2 Å². The second-order valence-electron chi connectivity index (χ2n) is 4.43. The van der Waals surface area contributed by atoms with E-state index in [9.17, 15) is 18.0 Å². The molecule has 0 saturated carbocycles. The van der Waals surface area contributed by atoms with E-state index >= 15 is 0 Å². The van der Waals surface area contributed by atoms with E-state index in [4.69, 9.17) is 5.41 Å². The second kappa shape index (κ2) is 11.0. The lowest BCUT2D eigenvalue weighted by Gasteiger charge is -2.10. The van der Waals surface area contributed by atoms with Crippen LogP contribution in [0.4, 0.5) is 18.9 Å². The molecule has 24 heavy (non-hydrogen) atoms. The Morgan fingerprint density at radius 2 is 2.00 bits per heavy atom. The molecule has 1 rings (SSSR count). The zero-order valence-corrected chi connectivity index (χ0v) is 13.6. The topological polar surface area (TPSA) is 62.2 Å². The van der Waals surface area contributed by atoms with Crippen molar-refractivity contribution >= 4 is 17.4 Å². The van der Waals surface area contributed by atoms with Gasteiger partial charge in [0.05, 0.1) is 7.11 Å². The molecule has 2 N–H and O–H groups in total. The smallest absolute Gasteiger partial charge is 0.409 e. The number of carbonyl (C=O) groups excluding carboxylic acids is 1. The SMILES string of the molecule is C=CCNc1ccccc1C(=N)C(=O)OC.CC/C=C/C(F)(F)F. The lowest BCUT2D eigenvalue weighted by molar-refractivity contribution is -0.132. The Bertz CT molecular complexity index is 581. The Hall–Kier alpha value is -2.57. The van der Waals surface area contributed by atoms with Crippen molar-refractivity contribution in [1.29, 1.82) is 5.41 Å². The molecule has 0 atom stereocenters. The van der Waals surface area contributed by atoms with Gasteiger partial charge in [0.15, 0.2) is 0 Å². The molecular weight excluding hydrogens is 321 g/mol. The Balaban J connectivity index is 0.000000561. The van der Waals surface area contributed by atoms with E-state index in [0.29, 0.717) is 18.5 Å². The first-order valence-electron chi connectivity index (χ1n) is 7.12. The van der Waals surface area contributed by atoms with Gasteiger partial charge in [-0.3, -0.25) is 5.41 Å². The molecule has 0 unspecified atom stereocenters. The number of benzene rings is 1. The largest absolute Gasteiger partial charge is 0.464 e. The predicted octanol–water partition coefficient (Wildman–Crippen LogP) is 4.34. The summed E-state index contributed by atoms with van der Waals surface area (Å²) in [6.45, 7) is 5.82. The van der Waals surface area contributed by atoms with Gasteiger partial charge in [0.1, 0.15) is 5.71 Å². The fraction of sp³-hybridized carbons (Fsp3) is 0.294. The van der Waals surface area contributed by atoms with Gasteiger partial charge in [-0.25, -0.2) is 4.79 Å². The third kappa shape index (κ3) is 8.77. The summed E-state index contributed by atoms with van der Waals surface area (Å²) in [7, 11) is 1.26. The number of anilines is 1. The summed E-state index contributed by atoms with van der Waals surface area (Å²) < 4.78 is 38.0. The normalized spacial score (nSPS) is 10.5. The number of halogens is 3. The van der Waals surface area contributed by atoms with E-state index in [1.807, 2.05) is 6.07 Å². The van der Waals surface area contributed by atoms with Crippen molar-refractivity contribution in [3.8, 4) is 0 Å². The molecule has 0 fully saturated rings. The first-order valence-corrected chi connectivity index (χ1v) is 7.12. The summed E-state index contributed by atoms with van der Waals surface area (Å²) in [5.41, 5.74) is 1.09. The van der Waals surface area contributed by atoms with Crippen LogP contribution in [-0.4, -0.2) is 31.5 Å². The lowest BCUT2D eigenvalue weighted by Crippen LogP contribution is -2.17. The molecule has 0 amide bonds. The highest BCUT2D eigenvalue weighted by molar-refractivity contribution is 6.43. The van der Waals surface area contributed by atoms with Crippen LogP contribution in [0.3, 0.4) is 0 Å². The first-order chi connectivity index (χ1) is 11.3. The maximum absolute atomic E-state index is 11.2. The van der Waals surface area contributed by atoms with Gasteiger partial charge in [0, 0.05) is 23.9 Å². The number of methoxy groups -OCH3 is 1. The number of hydrogen-bond acceptors (Lipinski definition) is 4. The van der Waals surface area contributed by atoms with Gasteiger partial charge in [-0.05, 0) is 12.5 Å². The van der Waals surface area contributed by atoms with Crippen LogP contribution in [0.2, 0.25) is 0 Å². The van der Waals surface area contributed by atoms with Crippen molar-refractivity contribution in [2.45, 2.75) is 19.5 Å². The van der Waals surface area contributed by atoms with Crippen LogP contribution in [0, 0.1) is 5.41 Å². The molecule has 0 bridgehead atoms. The Morgan fingerprint density at radius 1 is 1.38 bits per heavy atom. The third-order valence-corrected chi connectivity index (χ3v) is 2.57. The lowest BCUT2D eigenvalue weighted by atomic mass is 10.1. The van der Waals surface area contributed by atoms with E-state index < -0.39 is 12.1 Å². The average molecular weight is 342 g/mol. The Kier molecular flexibility index (Phi) is 9.86. The number of hydrogen-bond donors (Lipinski definition) is 2. The van der Waals surface area contributed by atoms with Crippen molar-refractivity contribution in [2.75, 3.05) is 19.0 Å². The summed E-state index contributed by atoms with van der Waals surface area (Å²) in [5, 5.41) is 10.7. The number of carbonyl (C=O) groups is 1. The molecule has 1 aromatic rings. The molecule has 0 spiro atoms. The number of allylic oxidation sites excluding steroid dienone is 2. The van der Waals surface area contributed by atoms with Crippen LogP contribution < -0.4 is 5.32 Å². The highest BCUT2D eigenvalue weighted by atomic mass is 19.4. The van der Waals surface area contributed by atoms with Gasteiger partial charge in [-0.2, -0.15) is 13.2 Å². The molecule has 0 saturated heterocycles. The number of nitrogens with one attached hydrogen (secondary N) is 2. The maximum atomic E-state index is 11.2. The van der Waals surface area contributed by atoms with E-state index in [2.05, 4.69) is 16.6 Å². The Morgan fingerprint density at radius 3 is 2.46 bits per heavy atom. The molecule has 1 aromatic carbocycles. The summed E-state index contributed by atoms with van der Waals surface area (Å²) in [4.78, 5) is 11.2. The second-order valence-corrected chi connectivity index (χ2v) is 4.43. The molecule has 0 aliphatic heterocycles. The zero-order chi connectivity index (χ0) is 18.6. The molecule has 0 heterocycles. The fourth-order valence-electron chi connectivity index (χ4n) is 1.50. The maximum Gasteiger partial charge on any atom is 0.409 e. The molecule has 4 nitrogen and oxygen atoms in total. The van der Waals surface area contributed by atoms with Crippen LogP contribution in [0.5, 0.6) is 0 Å². The number of esters is 1.